The Morgan fingerprint density at radius 3 is 2.67 bits per heavy atom. The van der Waals surface area contributed by atoms with Crippen molar-refractivity contribution in [1.82, 2.24) is 4.90 Å². The SMILES string of the molecule is C=CCOc1cc(Br)c(/C=C2/SC(=O)N(CC(=O)Nc3ccccc3Cl)C2=O)cc1OCC. The van der Waals surface area contributed by atoms with Crippen LogP contribution in [0.4, 0.5) is 10.5 Å². The van der Waals surface area contributed by atoms with Crippen molar-refractivity contribution in [2.75, 3.05) is 25.1 Å². The molecule has 1 saturated heterocycles. The third kappa shape index (κ3) is 6.19. The third-order valence-corrected chi connectivity index (χ3v) is 6.25. The van der Waals surface area contributed by atoms with Gasteiger partial charge in [0.25, 0.3) is 11.1 Å². The second kappa shape index (κ2) is 11.4. The summed E-state index contributed by atoms with van der Waals surface area (Å²) in [6, 6.07) is 10.1. The van der Waals surface area contributed by atoms with E-state index in [4.69, 9.17) is 21.1 Å². The fourth-order valence-electron chi connectivity index (χ4n) is 2.86. The lowest BCUT2D eigenvalue weighted by atomic mass is 10.1. The van der Waals surface area contributed by atoms with Crippen LogP contribution in [-0.4, -0.2) is 41.7 Å². The predicted octanol–water partition coefficient (Wildman–Crippen LogP) is 5.74. The largest absolute Gasteiger partial charge is 0.490 e. The summed E-state index contributed by atoms with van der Waals surface area (Å²) >= 11 is 10.3. The molecule has 0 atom stereocenters. The molecule has 0 bridgehead atoms. The number of rotatable bonds is 9. The van der Waals surface area contributed by atoms with Gasteiger partial charge in [0, 0.05) is 4.47 Å². The molecule has 3 amide bonds. The molecule has 1 fully saturated rings. The summed E-state index contributed by atoms with van der Waals surface area (Å²) in [6.45, 7) is 5.78. The molecule has 1 N–H and O–H groups in total. The zero-order valence-corrected chi connectivity index (χ0v) is 20.8. The number of benzene rings is 2. The van der Waals surface area contributed by atoms with Gasteiger partial charge in [0.05, 0.1) is 22.2 Å². The van der Waals surface area contributed by atoms with Crippen LogP contribution in [0.3, 0.4) is 0 Å². The lowest BCUT2D eigenvalue weighted by Gasteiger charge is -2.14. The number of imide groups is 1. The summed E-state index contributed by atoms with van der Waals surface area (Å²) < 4.78 is 11.9. The molecule has 1 aliphatic heterocycles. The normalized spacial score (nSPS) is 14.5. The van der Waals surface area contributed by atoms with E-state index in [1.54, 1.807) is 48.6 Å². The topological polar surface area (TPSA) is 84.9 Å². The molecule has 0 aromatic heterocycles. The number of ether oxygens (including phenoxy) is 2. The van der Waals surface area contributed by atoms with Crippen LogP contribution in [0, 0.1) is 0 Å². The van der Waals surface area contributed by atoms with Crippen LogP contribution >= 0.6 is 39.3 Å². The van der Waals surface area contributed by atoms with Gasteiger partial charge in [-0.1, -0.05) is 52.3 Å². The molecule has 0 radical (unpaired) electrons. The highest BCUT2D eigenvalue weighted by Crippen LogP contribution is 2.38. The molecule has 3 rings (SSSR count). The first kappa shape index (κ1) is 24.9. The maximum Gasteiger partial charge on any atom is 0.294 e. The second-order valence-electron chi connectivity index (χ2n) is 6.65. The van der Waals surface area contributed by atoms with Crippen molar-refractivity contribution in [2.45, 2.75) is 6.92 Å². The third-order valence-electron chi connectivity index (χ3n) is 4.33. The summed E-state index contributed by atoms with van der Waals surface area (Å²) in [5.74, 6) is -0.0800. The Bertz CT molecular complexity index is 1140. The van der Waals surface area contributed by atoms with Gasteiger partial charge >= 0.3 is 0 Å². The van der Waals surface area contributed by atoms with Gasteiger partial charge in [0.2, 0.25) is 5.91 Å². The zero-order valence-electron chi connectivity index (χ0n) is 17.6. The number of para-hydroxylation sites is 1. The average Bonchev–Trinajstić information content (AvgIpc) is 3.04. The minimum absolute atomic E-state index is 0.188. The summed E-state index contributed by atoms with van der Waals surface area (Å²) in [5, 5.41) is 2.43. The highest BCUT2D eigenvalue weighted by atomic mass is 79.9. The van der Waals surface area contributed by atoms with E-state index in [-0.39, 0.29) is 4.91 Å². The van der Waals surface area contributed by atoms with Gasteiger partial charge in [-0.05, 0) is 54.6 Å². The van der Waals surface area contributed by atoms with Gasteiger partial charge in [-0.15, -0.1) is 0 Å². The molecule has 2 aromatic carbocycles. The van der Waals surface area contributed by atoms with Crippen LogP contribution in [0.1, 0.15) is 12.5 Å². The van der Waals surface area contributed by atoms with E-state index in [1.807, 2.05) is 6.92 Å². The van der Waals surface area contributed by atoms with Crippen LogP contribution in [0.2, 0.25) is 5.02 Å². The summed E-state index contributed by atoms with van der Waals surface area (Å²) in [4.78, 5) is 38.7. The molecule has 10 heteroatoms. The molecular formula is C23H20BrClN2O5S. The van der Waals surface area contributed by atoms with E-state index in [0.29, 0.717) is 45.5 Å². The van der Waals surface area contributed by atoms with Crippen LogP contribution in [0.25, 0.3) is 6.08 Å². The molecule has 1 aliphatic rings. The molecule has 0 saturated carbocycles. The minimum Gasteiger partial charge on any atom is -0.490 e. The number of carbonyl (C=O) groups is 3. The number of carbonyl (C=O) groups excluding carboxylic acids is 3. The van der Waals surface area contributed by atoms with Crippen LogP contribution in [-0.2, 0) is 9.59 Å². The maximum absolute atomic E-state index is 12.8. The van der Waals surface area contributed by atoms with Gasteiger partial charge in [0.1, 0.15) is 13.2 Å². The molecule has 2 aromatic rings. The standard InChI is InChI=1S/C23H20BrClN2O5S/c1-3-9-32-19-12-15(24)14(10-18(19)31-4-2)11-20-22(29)27(23(30)33-20)13-21(28)26-17-8-6-5-7-16(17)25/h3,5-8,10-12H,1,4,9,13H2,2H3,(H,26,28)/b20-11+. The number of anilines is 1. The van der Waals surface area contributed by atoms with E-state index >= 15 is 0 Å². The van der Waals surface area contributed by atoms with Gasteiger partial charge in [-0.2, -0.15) is 0 Å². The maximum atomic E-state index is 12.8. The molecular weight excluding hydrogens is 532 g/mol. The van der Waals surface area contributed by atoms with E-state index in [2.05, 4.69) is 27.8 Å². The van der Waals surface area contributed by atoms with Gasteiger partial charge in [0.15, 0.2) is 11.5 Å². The summed E-state index contributed by atoms with van der Waals surface area (Å²) in [6.07, 6.45) is 3.19. The Morgan fingerprint density at radius 1 is 1.24 bits per heavy atom. The minimum atomic E-state index is -0.559. The lowest BCUT2D eigenvalue weighted by molar-refractivity contribution is -0.127. The van der Waals surface area contributed by atoms with Crippen molar-refractivity contribution in [3.63, 3.8) is 0 Å². The smallest absolute Gasteiger partial charge is 0.294 e. The second-order valence-corrected chi connectivity index (χ2v) is 8.90. The fraction of sp³-hybridized carbons (Fsp3) is 0.174. The number of hydrogen-bond donors (Lipinski definition) is 1. The number of thioether (sulfide) groups is 1. The average molecular weight is 552 g/mol. The highest BCUT2D eigenvalue weighted by molar-refractivity contribution is 9.10. The van der Waals surface area contributed by atoms with Crippen molar-refractivity contribution in [3.8, 4) is 11.5 Å². The molecule has 0 spiro atoms. The number of nitrogens with one attached hydrogen (secondary N) is 1. The zero-order chi connectivity index (χ0) is 24.0. The molecule has 172 valence electrons. The molecule has 7 nitrogen and oxygen atoms in total. The molecule has 0 unspecified atom stereocenters. The van der Waals surface area contributed by atoms with Gasteiger partial charge in [-0.25, -0.2) is 0 Å². The number of nitrogens with zero attached hydrogens (tertiary/aromatic N) is 1. The molecule has 1 heterocycles. The first-order valence-electron chi connectivity index (χ1n) is 9.83. The van der Waals surface area contributed by atoms with Crippen molar-refractivity contribution < 1.29 is 23.9 Å². The quantitative estimate of drug-likeness (QED) is 0.316. The summed E-state index contributed by atoms with van der Waals surface area (Å²) in [7, 11) is 0. The van der Waals surface area contributed by atoms with Crippen molar-refractivity contribution in [2.24, 2.45) is 0 Å². The number of amides is 3. The van der Waals surface area contributed by atoms with Crippen molar-refractivity contribution in [1.29, 1.82) is 0 Å². The Balaban J connectivity index is 1.78. The van der Waals surface area contributed by atoms with Crippen molar-refractivity contribution in [3.05, 3.63) is 69.0 Å². The Morgan fingerprint density at radius 2 is 1.97 bits per heavy atom. The summed E-state index contributed by atoms with van der Waals surface area (Å²) in [5.41, 5.74) is 1.02. The van der Waals surface area contributed by atoms with Crippen LogP contribution in [0.15, 0.2) is 58.4 Å². The van der Waals surface area contributed by atoms with Gasteiger partial charge in [-0.3, -0.25) is 19.3 Å². The van der Waals surface area contributed by atoms with E-state index in [1.165, 1.54) is 0 Å². The van der Waals surface area contributed by atoms with Crippen LogP contribution in [0.5, 0.6) is 11.5 Å². The number of hydrogen-bond acceptors (Lipinski definition) is 6. The first-order valence-corrected chi connectivity index (χ1v) is 11.8. The van der Waals surface area contributed by atoms with E-state index in [9.17, 15) is 14.4 Å². The van der Waals surface area contributed by atoms with E-state index in [0.717, 1.165) is 16.7 Å². The first-order chi connectivity index (χ1) is 15.8. The molecule has 33 heavy (non-hydrogen) atoms. The monoisotopic (exact) mass is 550 g/mol. The highest BCUT2D eigenvalue weighted by Gasteiger charge is 2.36. The van der Waals surface area contributed by atoms with Gasteiger partial charge < -0.3 is 14.8 Å². The number of halogens is 2. The van der Waals surface area contributed by atoms with Crippen molar-refractivity contribution >= 4 is 68.1 Å². The van der Waals surface area contributed by atoms with Crippen LogP contribution < -0.4 is 14.8 Å². The Labute approximate surface area is 208 Å². The molecule has 0 aliphatic carbocycles. The fourth-order valence-corrected chi connectivity index (χ4v) is 4.31. The lowest BCUT2D eigenvalue weighted by Crippen LogP contribution is -2.36. The van der Waals surface area contributed by atoms with E-state index < -0.39 is 23.6 Å². The predicted molar refractivity (Wildman–Crippen MR) is 134 cm³/mol. The Kier molecular flexibility index (Phi) is 8.60. The Hall–Kier alpha value is -2.75.